The molecule has 1 saturated heterocycles. The Kier molecular flexibility index (Phi) is 5.22. The molecule has 3 nitrogen and oxygen atoms in total. The fourth-order valence-electron chi connectivity index (χ4n) is 2.28. The fraction of sp³-hybridized carbons (Fsp3) is 1.00. The average Bonchev–Trinajstić information content (AvgIpc) is 2.20. The van der Waals surface area contributed by atoms with Crippen molar-refractivity contribution >= 4 is 0 Å². The van der Waals surface area contributed by atoms with Gasteiger partial charge < -0.3 is 10.1 Å². The molecule has 96 valence electrons. The molecule has 0 spiro atoms. The zero-order valence-corrected chi connectivity index (χ0v) is 11.5. The molecule has 0 amide bonds. The predicted molar refractivity (Wildman–Crippen MR) is 68.8 cm³/mol. The summed E-state index contributed by atoms with van der Waals surface area (Å²) in [6.45, 7) is 13.5. The van der Waals surface area contributed by atoms with Gasteiger partial charge in [0.25, 0.3) is 0 Å². The van der Waals surface area contributed by atoms with Crippen LogP contribution in [0.5, 0.6) is 0 Å². The Balaban J connectivity index is 2.48. The van der Waals surface area contributed by atoms with Crippen LogP contribution in [0.1, 0.15) is 34.1 Å². The Labute approximate surface area is 101 Å². The topological polar surface area (TPSA) is 24.5 Å². The largest absolute Gasteiger partial charge is 0.385 e. The van der Waals surface area contributed by atoms with Crippen LogP contribution in [0, 0.1) is 5.92 Å². The Morgan fingerprint density at radius 3 is 2.69 bits per heavy atom. The highest BCUT2D eigenvalue weighted by molar-refractivity contribution is 4.93. The number of hydrogen-bond donors (Lipinski definition) is 1. The summed E-state index contributed by atoms with van der Waals surface area (Å²) < 4.78 is 5.13. The summed E-state index contributed by atoms with van der Waals surface area (Å²) in [4.78, 5) is 2.60. The van der Waals surface area contributed by atoms with Crippen molar-refractivity contribution in [2.24, 2.45) is 5.92 Å². The molecule has 0 radical (unpaired) electrons. The smallest absolute Gasteiger partial charge is 0.0474 e. The molecule has 1 N–H and O–H groups in total. The van der Waals surface area contributed by atoms with Gasteiger partial charge in [0.15, 0.2) is 0 Å². The van der Waals surface area contributed by atoms with Crippen LogP contribution in [-0.2, 0) is 4.74 Å². The molecule has 1 rings (SSSR count). The van der Waals surface area contributed by atoms with Crippen LogP contribution in [0.3, 0.4) is 0 Å². The molecule has 0 aromatic carbocycles. The van der Waals surface area contributed by atoms with E-state index in [-0.39, 0.29) is 5.54 Å². The molecule has 0 aromatic heterocycles. The number of rotatable bonds is 5. The van der Waals surface area contributed by atoms with E-state index < -0.39 is 0 Å². The minimum atomic E-state index is 0.277. The molecule has 1 aliphatic rings. The monoisotopic (exact) mass is 228 g/mol. The van der Waals surface area contributed by atoms with Crippen molar-refractivity contribution in [3.8, 4) is 0 Å². The molecule has 0 saturated carbocycles. The maximum Gasteiger partial charge on any atom is 0.0474 e. The van der Waals surface area contributed by atoms with Gasteiger partial charge in [-0.05, 0) is 26.2 Å². The SMILES string of the molecule is COCCCN1CC(C(C)C)NCC1(C)C. The minimum absolute atomic E-state index is 0.277. The molecular weight excluding hydrogens is 200 g/mol. The van der Waals surface area contributed by atoms with Gasteiger partial charge >= 0.3 is 0 Å². The summed E-state index contributed by atoms with van der Waals surface area (Å²) in [7, 11) is 1.78. The first-order chi connectivity index (χ1) is 7.47. The lowest BCUT2D eigenvalue weighted by molar-refractivity contribution is 0.0463. The first-order valence-electron chi connectivity index (χ1n) is 6.45. The Morgan fingerprint density at radius 1 is 1.44 bits per heavy atom. The van der Waals surface area contributed by atoms with Crippen LogP contribution in [-0.4, -0.2) is 49.8 Å². The van der Waals surface area contributed by atoms with E-state index >= 15 is 0 Å². The van der Waals surface area contributed by atoms with Crippen molar-refractivity contribution in [3.05, 3.63) is 0 Å². The third kappa shape index (κ3) is 3.72. The lowest BCUT2D eigenvalue weighted by Crippen LogP contribution is -2.63. The molecule has 16 heavy (non-hydrogen) atoms. The molecule has 0 aromatic rings. The second-order valence-electron chi connectivity index (χ2n) is 5.84. The van der Waals surface area contributed by atoms with E-state index in [1.54, 1.807) is 7.11 Å². The first kappa shape index (κ1) is 13.9. The second-order valence-corrected chi connectivity index (χ2v) is 5.84. The summed E-state index contributed by atoms with van der Waals surface area (Å²) in [5.41, 5.74) is 0.277. The third-order valence-electron chi connectivity index (χ3n) is 3.65. The Hall–Kier alpha value is -0.120. The van der Waals surface area contributed by atoms with E-state index in [9.17, 15) is 0 Å². The lowest BCUT2D eigenvalue weighted by Gasteiger charge is -2.47. The van der Waals surface area contributed by atoms with E-state index in [0.29, 0.717) is 12.0 Å². The fourth-order valence-corrected chi connectivity index (χ4v) is 2.28. The third-order valence-corrected chi connectivity index (χ3v) is 3.65. The zero-order valence-electron chi connectivity index (χ0n) is 11.5. The van der Waals surface area contributed by atoms with Crippen LogP contribution in [0.4, 0.5) is 0 Å². The number of hydrogen-bond acceptors (Lipinski definition) is 3. The van der Waals surface area contributed by atoms with Gasteiger partial charge in [-0.1, -0.05) is 13.8 Å². The van der Waals surface area contributed by atoms with Crippen LogP contribution in [0.25, 0.3) is 0 Å². The molecule has 0 bridgehead atoms. The highest BCUT2D eigenvalue weighted by Gasteiger charge is 2.34. The van der Waals surface area contributed by atoms with Gasteiger partial charge in [-0.25, -0.2) is 0 Å². The summed E-state index contributed by atoms with van der Waals surface area (Å²) >= 11 is 0. The molecule has 1 fully saturated rings. The van der Waals surface area contributed by atoms with Crippen molar-refractivity contribution < 1.29 is 4.74 Å². The summed E-state index contributed by atoms with van der Waals surface area (Å²) in [5, 5.41) is 3.66. The summed E-state index contributed by atoms with van der Waals surface area (Å²) in [6, 6.07) is 0.635. The van der Waals surface area contributed by atoms with Gasteiger partial charge in [0, 0.05) is 44.9 Å². The molecule has 3 heteroatoms. The van der Waals surface area contributed by atoms with Crippen molar-refractivity contribution in [3.63, 3.8) is 0 Å². The normalized spacial score (nSPS) is 26.2. The number of piperazine rings is 1. The molecule has 1 aliphatic heterocycles. The molecule has 1 unspecified atom stereocenters. The average molecular weight is 228 g/mol. The van der Waals surface area contributed by atoms with Crippen molar-refractivity contribution in [2.45, 2.75) is 45.7 Å². The van der Waals surface area contributed by atoms with Crippen molar-refractivity contribution in [2.75, 3.05) is 33.4 Å². The van der Waals surface area contributed by atoms with Gasteiger partial charge in [-0.3, -0.25) is 4.90 Å². The van der Waals surface area contributed by atoms with Crippen molar-refractivity contribution in [1.82, 2.24) is 10.2 Å². The van der Waals surface area contributed by atoms with Gasteiger partial charge in [0.1, 0.15) is 0 Å². The van der Waals surface area contributed by atoms with E-state index in [1.807, 2.05) is 0 Å². The minimum Gasteiger partial charge on any atom is -0.385 e. The van der Waals surface area contributed by atoms with Crippen LogP contribution in [0.2, 0.25) is 0 Å². The number of ether oxygens (including phenoxy) is 1. The highest BCUT2D eigenvalue weighted by atomic mass is 16.5. The standard InChI is InChI=1S/C13H28N2O/c1-11(2)12-9-15(7-6-8-16-5)13(3,4)10-14-12/h11-12,14H,6-10H2,1-5H3. The number of methoxy groups -OCH3 is 1. The Bertz CT molecular complexity index is 204. The van der Waals surface area contributed by atoms with Crippen LogP contribution in [0.15, 0.2) is 0 Å². The Morgan fingerprint density at radius 2 is 2.12 bits per heavy atom. The van der Waals surface area contributed by atoms with Gasteiger partial charge in [-0.2, -0.15) is 0 Å². The highest BCUT2D eigenvalue weighted by Crippen LogP contribution is 2.21. The summed E-state index contributed by atoms with van der Waals surface area (Å²) in [6.07, 6.45) is 1.13. The molecular formula is C13H28N2O. The predicted octanol–water partition coefficient (Wildman–Crippen LogP) is 1.73. The van der Waals surface area contributed by atoms with Gasteiger partial charge in [-0.15, -0.1) is 0 Å². The maximum absolute atomic E-state index is 5.13. The van der Waals surface area contributed by atoms with E-state index in [1.165, 1.54) is 0 Å². The molecule has 1 heterocycles. The summed E-state index contributed by atoms with van der Waals surface area (Å²) in [5.74, 6) is 0.709. The molecule has 1 atom stereocenters. The van der Waals surface area contributed by atoms with Crippen molar-refractivity contribution in [1.29, 1.82) is 0 Å². The first-order valence-corrected chi connectivity index (χ1v) is 6.45. The number of nitrogens with one attached hydrogen (secondary N) is 1. The van der Waals surface area contributed by atoms with Gasteiger partial charge in [0.2, 0.25) is 0 Å². The van der Waals surface area contributed by atoms with E-state index in [0.717, 1.165) is 32.7 Å². The maximum atomic E-state index is 5.13. The van der Waals surface area contributed by atoms with Crippen LogP contribution < -0.4 is 5.32 Å². The lowest BCUT2D eigenvalue weighted by atomic mass is 9.93. The second kappa shape index (κ2) is 5.99. The number of nitrogens with zero attached hydrogens (tertiary/aromatic N) is 1. The van der Waals surface area contributed by atoms with Gasteiger partial charge in [0.05, 0.1) is 0 Å². The van der Waals surface area contributed by atoms with E-state index in [2.05, 4.69) is 37.9 Å². The van der Waals surface area contributed by atoms with E-state index in [4.69, 9.17) is 4.74 Å². The zero-order chi connectivity index (χ0) is 12.2. The van der Waals surface area contributed by atoms with Crippen LogP contribution >= 0.6 is 0 Å². The quantitative estimate of drug-likeness (QED) is 0.725. The molecule has 0 aliphatic carbocycles.